The highest BCUT2D eigenvalue weighted by atomic mass is 32.1. The van der Waals surface area contributed by atoms with Crippen molar-refractivity contribution in [2.45, 2.75) is 12.8 Å². The van der Waals surface area contributed by atoms with Crippen LogP contribution in [0, 0.1) is 5.92 Å². The van der Waals surface area contributed by atoms with Gasteiger partial charge in [-0.15, -0.1) is 11.3 Å². The van der Waals surface area contributed by atoms with E-state index >= 15 is 0 Å². The lowest BCUT2D eigenvalue weighted by molar-refractivity contribution is -0.121. The van der Waals surface area contributed by atoms with Gasteiger partial charge in [0.25, 0.3) is 5.91 Å². The van der Waals surface area contributed by atoms with E-state index < -0.39 is 0 Å². The number of rotatable bonds is 4. The second-order valence-electron chi connectivity index (χ2n) is 7.04. The molecule has 2 fully saturated rings. The SMILES string of the molecule is O=C(Nc1ccc(N2CCOCC2)nc1)C1CCN(C(=O)c2cccs2)CC1. The average Bonchev–Trinajstić information content (AvgIpc) is 3.29. The van der Waals surface area contributed by atoms with Gasteiger partial charge in [0.1, 0.15) is 5.82 Å². The van der Waals surface area contributed by atoms with E-state index in [-0.39, 0.29) is 17.7 Å². The molecule has 2 saturated heterocycles. The number of morpholine rings is 1. The summed E-state index contributed by atoms with van der Waals surface area (Å²) in [5, 5.41) is 4.88. The van der Waals surface area contributed by atoms with Gasteiger partial charge in [-0.3, -0.25) is 9.59 Å². The zero-order valence-electron chi connectivity index (χ0n) is 15.7. The largest absolute Gasteiger partial charge is 0.378 e. The molecule has 2 aliphatic heterocycles. The summed E-state index contributed by atoms with van der Waals surface area (Å²) in [6.07, 6.45) is 3.07. The minimum Gasteiger partial charge on any atom is -0.378 e. The molecule has 0 radical (unpaired) electrons. The van der Waals surface area contributed by atoms with E-state index in [2.05, 4.69) is 15.2 Å². The number of thiophene rings is 1. The highest BCUT2D eigenvalue weighted by molar-refractivity contribution is 7.12. The Hall–Kier alpha value is -2.45. The Morgan fingerprint density at radius 3 is 2.54 bits per heavy atom. The fourth-order valence-corrected chi connectivity index (χ4v) is 4.28. The number of aromatic nitrogens is 1. The van der Waals surface area contributed by atoms with E-state index in [0.29, 0.717) is 44.8 Å². The number of anilines is 2. The van der Waals surface area contributed by atoms with Crippen molar-refractivity contribution in [3.8, 4) is 0 Å². The number of amides is 2. The van der Waals surface area contributed by atoms with E-state index in [1.807, 2.05) is 34.5 Å². The van der Waals surface area contributed by atoms with Crippen LogP contribution in [-0.4, -0.2) is 61.1 Å². The molecule has 28 heavy (non-hydrogen) atoms. The van der Waals surface area contributed by atoms with Gasteiger partial charge < -0.3 is 19.9 Å². The third kappa shape index (κ3) is 4.34. The molecule has 7 nitrogen and oxygen atoms in total. The van der Waals surface area contributed by atoms with E-state index in [4.69, 9.17) is 4.74 Å². The predicted octanol–water partition coefficient (Wildman–Crippen LogP) is 2.47. The maximum Gasteiger partial charge on any atom is 0.263 e. The average molecular weight is 401 g/mol. The van der Waals surface area contributed by atoms with Crippen LogP contribution < -0.4 is 10.2 Å². The highest BCUT2D eigenvalue weighted by Gasteiger charge is 2.28. The maximum atomic E-state index is 12.6. The van der Waals surface area contributed by atoms with Gasteiger partial charge in [0.2, 0.25) is 5.91 Å². The first-order valence-corrected chi connectivity index (χ1v) is 10.5. The molecule has 0 saturated carbocycles. The summed E-state index contributed by atoms with van der Waals surface area (Å²) in [6.45, 7) is 4.33. The molecule has 148 valence electrons. The minimum atomic E-state index is -0.0775. The van der Waals surface area contributed by atoms with E-state index in [1.165, 1.54) is 11.3 Å². The van der Waals surface area contributed by atoms with Crippen LogP contribution in [0.15, 0.2) is 35.8 Å². The quantitative estimate of drug-likeness (QED) is 0.853. The summed E-state index contributed by atoms with van der Waals surface area (Å²) in [4.78, 5) is 34.2. The Morgan fingerprint density at radius 2 is 1.89 bits per heavy atom. The van der Waals surface area contributed by atoms with Gasteiger partial charge in [0, 0.05) is 32.1 Å². The maximum absolute atomic E-state index is 12.6. The molecule has 4 rings (SSSR count). The number of ether oxygens (including phenoxy) is 1. The van der Waals surface area contributed by atoms with Crippen molar-refractivity contribution in [3.63, 3.8) is 0 Å². The second-order valence-corrected chi connectivity index (χ2v) is 7.99. The van der Waals surface area contributed by atoms with Crippen LogP contribution in [0.3, 0.4) is 0 Å². The number of carbonyl (C=O) groups is 2. The van der Waals surface area contributed by atoms with Gasteiger partial charge in [0.15, 0.2) is 0 Å². The van der Waals surface area contributed by atoms with Crippen LogP contribution in [0.5, 0.6) is 0 Å². The van der Waals surface area contributed by atoms with Gasteiger partial charge in [0.05, 0.1) is 30.0 Å². The molecule has 0 unspecified atom stereocenters. The Morgan fingerprint density at radius 1 is 1.11 bits per heavy atom. The van der Waals surface area contributed by atoms with E-state index in [1.54, 1.807) is 6.20 Å². The van der Waals surface area contributed by atoms with Crippen LogP contribution in [0.1, 0.15) is 22.5 Å². The molecule has 2 aromatic rings. The van der Waals surface area contributed by atoms with Crippen molar-refractivity contribution in [2.24, 2.45) is 5.92 Å². The lowest BCUT2D eigenvalue weighted by atomic mass is 9.95. The lowest BCUT2D eigenvalue weighted by Gasteiger charge is -2.31. The number of likely N-dealkylation sites (tertiary alicyclic amines) is 1. The summed E-state index contributed by atoms with van der Waals surface area (Å²) in [5.41, 5.74) is 0.708. The van der Waals surface area contributed by atoms with Crippen LogP contribution in [0.2, 0.25) is 0 Å². The molecule has 4 heterocycles. The van der Waals surface area contributed by atoms with E-state index in [0.717, 1.165) is 23.8 Å². The summed E-state index contributed by atoms with van der Waals surface area (Å²) in [7, 11) is 0. The van der Waals surface area contributed by atoms with Gasteiger partial charge in [-0.1, -0.05) is 6.07 Å². The van der Waals surface area contributed by atoms with Crippen LogP contribution in [-0.2, 0) is 9.53 Å². The molecule has 2 aromatic heterocycles. The van der Waals surface area contributed by atoms with Crippen LogP contribution in [0.25, 0.3) is 0 Å². The minimum absolute atomic E-state index is 0.00384. The molecule has 2 aliphatic rings. The van der Waals surface area contributed by atoms with Crippen molar-refractivity contribution in [2.75, 3.05) is 49.6 Å². The normalized spacial score (nSPS) is 18.1. The molecule has 0 aliphatic carbocycles. The van der Waals surface area contributed by atoms with Gasteiger partial charge in [-0.05, 0) is 36.4 Å². The van der Waals surface area contributed by atoms with Gasteiger partial charge in [-0.2, -0.15) is 0 Å². The van der Waals surface area contributed by atoms with Crippen molar-refractivity contribution in [1.29, 1.82) is 0 Å². The number of nitrogens with zero attached hydrogens (tertiary/aromatic N) is 3. The van der Waals surface area contributed by atoms with Crippen LogP contribution in [0.4, 0.5) is 11.5 Å². The zero-order valence-corrected chi connectivity index (χ0v) is 16.5. The fourth-order valence-electron chi connectivity index (χ4n) is 3.58. The molecule has 1 N–H and O–H groups in total. The smallest absolute Gasteiger partial charge is 0.263 e. The Balaban J connectivity index is 1.28. The third-order valence-electron chi connectivity index (χ3n) is 5.24. The Bertz CT molecular complexity index is 795. The topological polar surface area (TPSA) is 74.8 Å². The molecular formula is C20H24N4O3S. The molecule has 0 spiro atoms. The molecular weight excluding hydrogens is 376 g/mol. The van der Waals surface area contributed by atoms with Crippen LogP contribution >= 0.6 is 11.3 Å². The summed E-state index contributed by atoms with van der Waals surface area (Å²) < 4.78 is 5.36. The van der Waals surface area contributed by atoms with Crippen molar-refractivity contribution >= 4 is 34.7 Å². The van der Waals surface area contributed by atoms with Gasteiger partial charge in [-0.25, -0.2) is 4.98 Å². The number of carbonyl (C=O) groups excluding carboxylic acids is 2. The van der Waals surface area contributed by atoms with E-state index in [9.17, 15) is 9.59 Å². The van der Waals surface area contributed by atoms with Crippen molar-refractivity contribution < 1.29 is 14.3 Å². The number of nitrogens with one attached hydrogen (secondary N) is 1. The Kier molecular flexibility index (Phi) is 5.87. The standard InChI is InChI=1S/C20H24N4O3S/c25-19(15-5-7-24(8-6-15)20(26)17-2-1-13-28-17)22-16-3-4-18(21-14-16)23-9-11-27-12-10-23/h1-4,13-15H,5-12H2,(H,22,25). The summed E-state index contributed by atoms with van der Waals surface area (Å²) in [6, 6.07) is 7.56. The molecule has 2 amide bonds. The first kappa shape index (κ1) is 18.9. The van der Waals surface area contributed by atoms with Crippen molar-refractivity contribution in [3.05, 3.63) is 40.7 Å². The molecule has 0 aromatic carbocycles. The molecule has 0 atom stereocenters. The van der Waals surface area contributed by atoms with Crippen molar-refractivity contribution in [1.82, 2.24) is 9.88 Å². The Labute approximate surface area is 168 Å². The number of hydrogen-bond donors (Lipinski definition) is 1. The molecule has 8 heteroatoms. The highest BCUT2D eigenvalue weighted by Crippen LogP contribution is 2.23. The summed E-state index contributed by atoms with van der Waals surface area (Å²) >= 11 is 1.46. The lowest BCUT2D eigenvalue weighted by Crippen LogP contribution is -2.41. The monoisotopic (exact) mass is 400 g/mol. The first-order valence-electron chi connectivity index (χ1n) is 9.63. The van der Waals surface area contributed by atoms with Gasteiger partial charge >= 0.3 is 0 Å². The number of pyridine rings is 1. The third-order valence-corrected chi connectivity index (χ3v) is 6.09. The predicted molar refractivity (Wildman–Crippen MR) is 109 cm³/mol. The molecule has 0 bridgehead atoms. The fraction of sp³-hybridized carbons (Fsp3) is 0.450. The zero-order chi connectivity index (χ0) is 19.3. The summed E-state index contributed by atoms with van der Waals surface area (Å²) in [5.74, 6) is 0.897. The second kappa shape index (κ2) is 8.70. The first-order chi connectivity index (χ1) is 13.7. The number of hydrogen-bond acceptors (Lipinski definition) is 6. The number of piperidine rings is 1.